The Labute approximate surface area is 238 Å². The number of ether oxygens (including phenoxy) is 1. The Balaban J connectivity index is 1.47. The molecular weight excluding hydrogens is 530 g/mol. The van der Waals surface area contributed by atoms with E-state index in [9.17, 15) is 4.79 Å². The van der Waals surface area contributed by atoms with Gasteiger partial charge in [-0.1, -0.05) is 35.9 Å². The Bertz CT molecular complexity index is 1510. The second-order valence-corrected chi connectivity index (χ2v) is 10.3. The van der Waals surface area contributed by atoms with Crippen molar-refractivity contribution < 1.29 is 9.53 Å². The van der Waals surface area contributed by atoms with Crippen LogP contribution in [0, 0.1) is 13.8 Å². The van der Waals surface area contributed by atoms with Gasteiger partial charge in [0.15, 0.2) is 5.11 Å². The van der Waals surface area contributed by atoms with Crippen LogP contribution >= 0.6 is 23.8 Å². The number of carbonyl (C=O) groups is 1. The van der Waals surface area contributed by atoms with Crippen molar-refractivity contribution in [3.05, 3.63) is 107 Å². The van der Waals surface area contributed by atoms with Crippen LogP contribution in [0.3, 0.4) is 0 Å². The summed E-state index contributed by atoms with van der Waals surface area (Å²) in [6, 6.07) is 22.9. The van der Waals surface area contributed by atoms with E-state index in [2.05, 4.69) is 45.0 Å². The molecule has 0 unspecified atom stereocenters. The van der Waals surface area contributed by atoms with E-state index >= 15 is 0 Å². The molecule has 0 radical (unpaired) electrons. The fourth-order valence-corrected chi connectivity index (χ4v) is 5.78. The van der Waals surface area contributed by atoms with Crippen molar-refractivity contribution in [2.45, 2.75) is 32.4 Å². The molecule has 200 valence electrons. The number of halogens is 1. The maximum Gasteiger partial charge on any atom is 0.226 e. The second-order valence-electron chi connectivity index (χ2n) is 9.46. The molecule has 5 rings (SSSR count). The lowest BCUT2D eigenvalue weighted by Crippen LogP contribution is -2.33. The van der Waals surface area contributed by atoms with Crippen molar-refractivity contribution >= 4 is 40.5 Å². The van der Waals surface area contributed by atoms with E-state index in [-0.39, 0.29) is 24.4 Å². The van der Waals surface area contributed by atoms with E-state index in [4.69, 9.17) is 28.6 Å². The fraction of sp³-hybridized carbons (Fsp3) is 0.233. The largest absolute Gasteiger partial charge is 0.495 e. The van der Waals surface area contributed by atoms with Crippen LogP contribution in [0.25, 0.3) is 5.69 Å². The second kappa shape index (κ2) is 11.5. The standard InChI is InChI=1S/C30H30ClN5O2S/c1-19-17-23(20(2)36(19)22-10-8-9-21(31)18-22)29-28(25-12-6-7-15-32-25)34-30(39)35(29)16-14-27(37)33-24-11-4-5-13-26(24)38-3/h4-13,15,17-18,28-29H,14,16H2,1-3H3,(H,33,37)(H,34,39)/t28-,29-/m1/s1. The number of amides is 1. The van der Waals surface area contributed by atoms with E-state index in [1.807, 2.05) is 66.7 Å². The zero-order chi connectivity index (χ0) is 27.5. The molecular formula is C30H30ClN5O2S. The van der Waals surface area contributed by atoms with Crippen molar-refractivity contribution in [3.63, 3.8) is 0 Å². The van der Waals surface area contributed by atoms with E-state index in [0.29, 0.717) is 28.1 Å². The number of rotatable bonds is 8. The minimum absolute atomic E-state index is 0.119. The summed E-state index contributed by atoms with van der Waals surface area (Å²) in [5.41, 5.74) is 5.79. The SMILES string of the molecule is COc1ccccc1NC(=O)CCN1C(=S)N[C@H](c2ccccn2)[C@H]1c1cc(C)n(-c2cccc(Cl)c2)c1C. The fourth-order valence-electron chi connectivity index (χ4n) is 5.27. The summed E-state index contributed by atoms with van der Waals surface area (Å²) in [4.78, 5) is 19.7. The molecule has 2 aromatic carbocycles. The number of aryl methyl sites for hydroxylation is 1. The highest BCUT2D eigenvalue weighted by Gasteiger charge is 2.41. The van der Waals surface area contributed by atoms with Gasteiger partial charge in [0.2, 0.25) is 5.91 Å². The van der Waals surface area contributed by atoms with Crippen molar-refractivity contribution in [3.8, 4) is 11.4 Å². The van der Waals surface area contributed by atoms with Crippen molar-refractivity contribution in [2.24, 2.45) is 0 Å². The van der Waals surface area contributed by atoms with Gasteiger partial charge in [0.25, 0.3) is 0 Å². The molecule has 0 saturated carbocycles. The average Bonchev–Trinajstić information content (AvgIpc) is 3.42. The van der Waals surface area contributed by atoms with Gasteiger partial charge in [-0.15, -0.1) is 0 Å². The number of nitrogens with one attached hydrogen (secondary N) is 2. The van der Waals surface area contributed by atoms with Gasteiger partial charge >= 0.3 is 0 Å². The number of hydrogen-bond donors (Lipinski definition) is 2. The molecule has 2 N–H and O–H groups in total. The summed E-state index contributed by atoms with van der Waals surface area (Å²) in [5.74, 6) is 0.498. The van der Waals surface area contributed by atoms with Crippen LogP contribution < -0.4 is 15.4 Å². The van der Waals surface area contributed by atoms with E-state index in [1.165, 1.54) is 0 Å². The highest BCUT2D eigenvalue weighted by molar-refractivity contribution is 7.80. The van der Waals surface area contributed by atoms with E-state index < -0.39 is 0 Å². The van der Waals surface area contributed by atoms with Crippen LogP contribution in [-0.2, 0) is 4.79 Å². The number of nitrogens with zero attached hydrogens (tertiary/aromatic N) is 3. The summed E-state index contributed by atoms with van der Waals surface area (Å²) in [5, 5.41) is 7.71. The maximum atomic E-state index is 13.0. The zero-order valence-electron chi connectivity index (χ0n) is 22.0. The van der Waals surface area contributed by atoms with Gasteiger partial charge in [-0.3, -0.25) is 9.78 Å². The topological polar surface area (TPSA) is 71.4 Å². The van der Waals surface area contributed by atoms with Gasteiger partial charge in [-0.25, -0.2) is 0 Å². The maximum absolute atomic E-state index is 13.0. The first kappa shape index (κ1) is 26.7. The smallest absolute Gasteiger partial charge is 0.226 e. The Morgan fingerprint density at radius 1 is 1.10 bits per heavy atom. The van der Waals surface area contributed by atoms with Gasteiger partial charge in [0.1, 0.15) is 5.75 Å². The number of carbonyl (C=O) groups excluding carboxylic acids is 1. The Hall–Kier alpha value is -3.88. The number of anilines is 1. The number of pyridine rings is 1. The van der Waals surface area contributed by atoms with Crippen LogP contribution in [0.5, 0.6) is 5.75 Å². The quantitative estimate of drug-likeness (QED) is 0.252. The molecule has 3 heterocycles. The minimum Gasteiger partial charge on any atom is -0.495 e. The van der Waals surface area contributed by atoms with Crippen LogP contribution in [0.2, 0.25) is 5.02 Å². The normalized spacial score (nSPS) is 16.7. The molecule has 0 aliphatic carbocycles. The lowest BCUT2D eigenvalue weighted by atomic mass is 9.96. The summed E-state index contributed by atoms with van der Waals surface area (Å²) < 4.78 is 7.58. The predicted molar refractivity (Wildman–Crippen MR) is 159 cm³/mol. The zero-order valence-corrected chi connectivity index (χ0v) is 23.6. The van der Waals surface area contributed by atoms with Gasteiger partial charge in [0, 0.05) is 41.3 Å². The monoisotopic (exact) mass is 559 g/mol. The number of thiocarbonyl (C=S) groups is 1. The first-order chi connectivity index (χ1) is 18.9. The third-order valence-electron chi connectivity index (χ3n) is 7.01. The molecule has 9 heteroatoms. The summed E-state index contributed by atoms with van der Waals surface area (Å²) in [7, 11) is 1.58. The highest BCUT2D eigenvalue weighted by atomic mass is 35.5. The summed E-state index contributed by atoms with van der Waals surface area (Å²) in [6.45, 7) is 4.62. The third kappa shape index (κ3) is 5.48. The predicted octanol–water partition coefficient (Wildman–Crippen LogP) is 6.15. The Morgan fingerprint density at radius 2 is 1.90 bits per heavy atom. The highest BCUT2D eigenvalue weighted by Crippen LogP contribution is 2.41. The third-order valence-corrected chi connectivity index (χ3v) is 7.60. The number of benzene rings is 2. The number of para-hydroxylation sites is 2. The first-order valence-corrected chi connectivity index (χ1v) is 13.5. The van der Waals surface area contributed by atoms with Gasteiger partial charge in [0.05, 0.1) is 30.6 Å². The van der Waals surface area contributed by atoms with E-state index in [0.717, 1.165) is 28.3 Å². The first-order valence-electron chi connectivity index (χ1n) is 12.7. The minimum atomic E-state index is -0.177. The molecule has 0 bridgehead atoms. The van der Waals surface area contributed by atoms with Crippen molar-refractivity contribution in [1.29, 1.82) is 0 Å². The van der Waals surface area contributed by atoms with Crippen molar-refractivity contribution in [2.75, 3.05) is 19.0 Å². The van der Waals surface area contributed by atoms with Crippen LogP contribution in [0.4, 0.5) is 5.69 Å². The van der Waals surface area contributed by atoms with Gasteiger partial charge < -0.3 is 24.8 Å². The van der Waals surface area contributed by atoms with Crippen molar-refractivity contribution in [1.82, 2.24) is 19.8 Å². The van der Waals surface area contributed by atoms with E-state index in [1.54, 1.807) is 13.3 Å². The molecule has 1 saturated heterocycles. The molecule has 2 atom stereocenters. The molecule has 1 aliphatic heterocycles. The number of aromatic nitrogens is 2. The molecule has 7 nitrogen and oxygen atoms in total. The average molecular weight is 560 g/mol. The lowest BCUT2D eigenvalue weighted by molar-refractivity contribution is -0.116. The number of hydrogen-bond acceptors (Lipinski definition) is 4. The summed E-state index contributed by atoms with van der Waals surface area (Å²) >= 11 is 12.1. The van der Waals surface area contributed by atoms with Gasteiger partial charge in [-0.05, 0) is 80.2 Å². The van der Waals surface area contributed by atoms with Crippen LogP contribution in [0.1, 0.15) is 41.1 Å². The van der Waals surface area contributed by atoms with Crippen LogP contribution in [-0.4, -0.2) is 39.1 Å². The summed E-state index contributed by atoms with van der Waals surface area (Å²) in [6.07, 6.45) is 2.04. The van der Waals surface area contributed by atoms with Gasteiger partial charge in [-0.2, -0.15) is 0 Å². The Morgan fingerprint density at radius 3 is 2.64 bits per heavy atom. The molecule has 39 heavy (non-hydrogen) atoms. The molecule has 1 aliphatic rings. The van der Waals surface area contributed by atoms with Crippen LogP contribution in [0.15, 0.2) is 79.0 Å². The molecule has 1 amide bonds. The molecule has 2 aromatic heterocycles. The molecule has 0 spiro atoms. The Kier molecular flexibility index (Phi) is 7.86. The molecule has 1 fully saturated rings. The lowest BCUT2D eigenvalue weighted by Gasteiger charge is -2.28. The number of methoxy groups -OCH3 is 1. The molecule has 4 aromatic rings.